The number of carbonyl (C=O) groups excluding carboxylic acids is 1. The number of carbonyl (C=O) groups is 1. The molecule has 2 aromatic heterocycles. The van der Waals surface area contributed by atoms with E-state index < -0.39 is 5.97 Å². The molecule has 0 aliphatic carbocycles. The van der Waals surface area contributed by atoms with Crippen LogP contribution in [0.2, 0.25) is 5.02 Å². The van der Waals surface area contributed by atoms with Gasteiger partial charge in [0, 0.05) is 9.92 Å². The summed E-state index contributed by atoms with van der Waals surface area (Å²) in [5.41, 5.74) is 3.57. The van der Waals surface area contributed by atoms with Crippen LogP contribution >= 0.6 is 23.4 Å². The van der Waals surface area contributed by atoms with Crippen LogP contribution in [0, 0.1) is 13.8 Å². The normalized spacial score (nSPS) is 11.1. The van der Waals surface area contributed by atoms with Crippen molar-refractivity contribution in [3.05, 3.63) is 51.9 Å². The summed E-state index contributed by atoms with van der Waals surface area (Å²) in [4.78, 5) is 22.1. The lowest BCUT2D eigenvalue weighted by molar-refractivity contribution is 0.0594. The van der Waals surface area contributed by atoms with E-state index in [1.807, 2.05) is 42.9 Å². The smallest absolute Gasteiger partial charge is 0.356 e. The number of nitrogens with zero attached hydrogens (tertiary/aromatic N) is 3. The lowest BCUT2D eigenvalue weighted by atomic mass is 10.2. The second-order valence-corrected chi connectivity index (χ2v) is 6.98. The van der Waals surface area contributed by atoms with Gasteiger partial charge in [-0.2, -0.15) is 0 Å². The molecule has 25 heavy (non-hydrogen) atoms. The van der Waals surface area contributed by atoms with Crippen molar-refractivity contribution in [1.82, 2.24) is 14.5 Å². The predicted octanol–water partition coefficient (Wildman–Crippen LogP) is 4.26. The van der Waals surface area contributed by atoms with E-state index in [-0.39, 0.29) is 5.69 Å². The van der Waals surface area contributed by atoms with Gasteiger partial charge >= 0.3 is 5.97 Å². The Labute approximate surface area is 155 Å². The van der Waals surface area contributed by atoms with Crippen molar-refractivity contribution < 1.29 is 9.53 Å². The van der Waals surface area contributed by atoms with Gasteiger partial charge in [0.1, 0.15) is 11.3 Å². The van der Waals surface area contributed by atoms with Crippen molar-refractivity contribution in [2.45, 2.75) is 25.3 Å². The molecular formula is C18H18ClN3O2S. The fourth-order valence-corrected chi connectivity index (χ4v) is 3.45. The molecule has 130 valence electrons. The fourth-order valence-electron chi connectivity index (χ4n) is 2.70. The third kappa shape index (κ3) is 3.37. The first-order valence-electron chi connectivity index (χ1n) is 7.69. The van der Waals surface area contributed by atoms with Crippen LogP contribution in [0.15, 0.2) is 29.2 Å². The number of aryl methyl sites for hydroxylation is 2. The molecule has 0 N–H and O–H groups in total. The average Bonchev–Trinajstić information content (AvgIpc) is 2.92. The first-order chi connectivity index (χ1) is 11.9. The van der Waals surface area contributed by atoms with Gasteiger partial charge in [-0.15, -0.1) is 11.8 Å². The van der Waals surface area contributed by atoms with Crippen molar-refractivity contribution in [3.63, 3.8) is 0 Å². The number of rotatable bonds is 4. The summed E-state index contributed by atoms with van der Waals surface area (Å²) < 4.78 is 6.76. The van der Waals surface area contributed by atoms with Crippen molar-refractivity contribution in [2.75, 3.05) is 13.4 Å². The lowest BCUT2D eigenvalue weighted by Gasteiger charge is -2.10. The van der Waals surface area contributed by atoms with Crippen molar-refractivity contribution in [2.24, 2.45) is 0 Å². The third-order valence-electron chi connectivity index (χ3n) is 4.07. The van der Waals surface area contributed by atoms with Crippen molar-refractivity contribution in [3.8, 4) is 0 Å². The van der Waals surface area contributed by atoms with Crippen LogP contribution in [0.5, 0.6) is 0 Å². The third-order valence-corrected chi connectivity index (χ3v) is 5.15. The lowest BCUT2D eigenvalue weighted by Crippen LogP contribution is -2.08. The number of halogens is 1. The molecular weight excluding hydrogens is 358 g/mol. The molecule has 0 spiro atoms. The summed E-state index contributed by atoms with van der Waals surface area (Å²) in [5, 5.41) is 0.703. The Hall–Kier alpha value is -2.05. The number of thioether (sulfide) groups is 1. The van der Waals surface area contributed by atoms with E-state index in [4.69, 9.17) is 16.3 Å². The standard InChI is InChI=1S/C18H18ClN3O2S/c1-10-7-15(18(23)24-3)21-17-16(10)20-11(2)22(17)9-12-5-6-13(25-4)8-14(12)19/h5-8H,9H2,1-4H3. The molecule has 7 heteroatoms. The van der Waals surface area contributed by atoms with Crippen molar-refractivity contribution >= 4 is 40.5 Å². The zero-order chi connectivity index (χ0) is 18.1. The maximum Gasteiger partial charge on any atom is 0.356 e. The SMILES string of the molecule is COC(=O)c1cc(C)c2nc(C)n(Cc3ccc(SC)cc3Cl)c2n1. The molecule has 3 rings (SSSR count). The molecule has 1 aromatic carbocycles. The largest absolute Gasteiger partial charge is 0.464 e. The summed E-state index contributed by atoms with van der Waals surface area (Å²) in [7, 11) is 1.35. The van der Waals surface area contributed by atoms with E-state index in [0.717, 1.165) is 27.4 Å². The quantitative estimate of drug-likeness (QED) is 0.503. The number of ether oxygens (including phenoxy) is 1. The number of hydrogen-bond donors (Lipinski definition) is 0. The summed E-state index contributed by atoms with van der Waals surface area (Å²) in [6.45, 7) is 4.36. The molecule has 0 atom stereocenters. The van der Waals surface area contributed by atoms with Crippen LogP contribution in [0.1, 0.15) is 27.4 Å². The Bertz CT molecular complexity index is 969. The molecule has 2 heterocycles. The molecule has 0 bridgehead atoms. The van der Waals surface area contributed by atoms with Crippen molar-refractivity contribution in [1.29, 1.82) is 0 Å². The van der Waals surface area contributed by atoms with Gasteiger partial charge in [0.15, 0.2) is 11.3 Å². The van der Waals surface area contributed by atoms with Crippen LogP contribution in [0.4, 0.5) is 0 Å². The zero-order valence-corrected chi connectivity index (χ0v) is 16.0. The summed E-state index contributed by atoms with van der Waals surface area (Å²) in [6.07, 6.45) is 2.01. The number of esters is 1. The minimum atomic E-state index is -0.460. The highest BCUT2D eigenvalue weighted by Crippen LogP contribution is 2.26. The molecule has 3 aromatic rings. The van der Waals surface area contributed by atoms with E-state index in [2.05, 4.69) is 9.97 Å². The highest BCUT2D eigenvalue weighted by atomic mass is 35.5. The van der Waals surface area contributed by atoms with Gasteiger partial charge in [0.25, 0.3) is 0 Å². The fraction of sp³-hybridized carbons (Fsp3) is 0.278. The van der Waals surface area contributed by atoms with Crippen LogP contribution in [-0.2, 0) is 11.3 Å². The number of benzene rings is 1. The Kier molecular flexibility index (Phi) is 5.01. The van der Waals surface area contributed by atoms with Gasteiger partial charge in [-0.1, -0.05) is 17.7 Å². The van der Waals surface area contributed by atoms with E-state index in [0.29, 0.717) is 17.2 Å². The number of hydrogen-bond acceptors (Lipinski definition) is 5. The summed E-state index contributed by atoms with van der Waals surface area (Å²) >= 11 is 8.07. The average molecular weight is 376 g/mol. The maximum atomic E-state index is 11.9. The molecule has 5 nitrogen and oxygen atoms in total. The van der Waals surface area contributed by atoms with Crippen LogP contribution < -0.4 is 0 Å². The molecule has 0 aliphatic rings. The second-order valence-electron chi connectivity index (χ2n) is 5.69. The van der Waals surface area contributed by atoms with Crippen LogP contribution in [0.25, 0.3) is 11.2 Å². The van der Waals surface area contributed by atoms with Gasteiger partial charge in [0.2, 0.25) is 0 Å². The molecule has 0 saturated carbocycles. The highest BCUT2D eigenvalue weighted by Gasteiger charge is 2.17. The Balaban J connectivity index is 2.11. The summed E-state index contributed by atoms with van der Waals surface area (Å²) in [5.74, 6) is 0.357. The Morgan fingerprint density at radius 1 is 1.28 bits per heavy atom. The number of pyridine rings is 1. The monoisotopic (exact) mass is 375 g/mol. The van der Waals surface area contributed by atoms with Crippen LogP contribution in [-0.4, -0.2) is 33.9 Å². The second kappa shape index (κ2) is 7.06. The molecule has 0 radical (unpaired) electrons. The number of aromatic nitrogens is 3. The molecule has 0 aliphatic heterocycles. The van der Waals surface area contributed by atoms with Gasteiger partial charge in [-0.3, -0.25) is 0 Å². The minimum Gasteiger partial charge on any atom is -0.464 e. The van der Waals surface area contributed by atoms with Gasteiger partial charge in [-0.05, 0) is 49.4 Å². The zero-order valence-electron chi connectivity index (χ0n) is 14.5. The first-order valence-corrected chi connectivity index (χ1v) is 9.30. The molecule has 0 amide bonds. The van der Waals surface area contributed by atoms with Gasteiger partial charge < -0.3 is 9.30 Å². The Morgan fingerprint density at radius 2 is 2.04 bits per heavy atom. The molecule has 0 fully saturated rings. The predicted molar refractivity (Wildman–Crippen MR) is 101 cm³/mol. The maximum absolute atomic E-state index is 11.9. The van der Waals surface area contributed by atoms with Gasteiger partial charge in [0.05, 0.1) is 13.7 Å². The molecule has 0 saturated heterocycles. The highest BCUT2D eigenvalue weighted by molar-refractivity contribution is 7.98. The number of imidazole rings is 1. The Morgan fingerprint density at radius 3 is 2.68 bits per heavy atom. The molecule has 0 unspecified atom stereocenters. The summed E-state index contributed by atoms with van der Waals surface area (Å²) in [6, 6.07) is 7.70. The number of fused-ring (bicyclic) bond motifs is 1. The van der Waals surface area contributed by atoms with E-state index >= 15 is 0 Å². The number of methoxy groups -OCH3 is 1. The van der Waals surface area contributed by atoms with Gasteiger partial charge in [-0.25, -0.2) is 14.8 Å². The van der Waals surface area contributed by atoms with Crippen LogP contribution in [0.3, 0.4) is 0 Å². The van der Waals surface area contributed by atoms with E-state index in [9.17, 15) is 4.79 Å². The minimum absolute atomic E-state index is 0.275. The first kappa shape index (κ1) is 17.8. The topological polar surface area (TPSA) is 57.0 Å². The van der Waals surface area contributed by atoms with E-state index in [1.165, 1.54) is 7.11 Å². The van der Waals surface area contributed by atoms with E-state index in [1.54, 1.807) is 17.8 Å².